The van der Waals surface area contributed by atoms with Gasteiger partial charge in [0.05, 0.1) is 4.90 Å². The normalized spacial score (nSPS) is 9.94. The molecule has 0 aliphatic rings. The predicted molar refractivity (Wildman–Crippen MR) is 58.8 cm³/mol. The lowest BCUT2D eigenvalue weighted by Gasteiger charge is -1.98. The van der Waals surface area contributed by atoms with Crippen molar-refractivity contribution >= 4 is 15.9 Å². The minimum Gasteiger partial charge on any atom is -0.224 e. The van der Waals surface area contributed by atoms with Gasteiger partial charge < -0.3 is 0 Å². The van der Waals surface area contributed by atoms with Crippen LogP contribution in [0.3, 0.4) is 0 Å². The first kappa shape index (κ1) is 12.0. The number of rotatable bonds is 2. The van der Waals surface area contributed by atoms with Gasteiger partial charge in [-0.05, 0) is 23.8 Å². The van der Waals surface area contributed by atoms with Crippen molar-refractivity contribution in [3.63, 3.8) is 0 Å². The Balaban J connectivity index is 3.12. The highest BCUT2D eigenvalue weighted by atomic mass is 32.2. The van der Waals surface area contributed by atoms with Crippen LogP contribution < -0.4 is 0 Å². The molecule has 0 aromatic heterocycles. The molecule has 0 saturated heterocycles. The zero-order valence-electron chi connectivity index (χ0n) is 8.51. The van der Waals surface area contributed by atoms with E-state index < -0.39 is 9.84 Å². The Labute approximate surface area is 94.0 Å². The highest BCUT2D eigenvalue weighted by Gasteiger charge is 2.05. The van der Waals surface area contributed by atoms with Crippen molar-refractivity contribution < 1.29 is 8.42 Å². The summed E-state index contributed by atoms with van der Waals surface area (Å²) < 4.78 is 22.3. The fourth-order valence-corrected chi connectivity index (χ4v) is 1.70. The molecule has 5 heteroatoms. The van der Waals surface area contributed by atoms with Crippen LogP contribution in [-0.2, 0) is 9.84 Å². The van der Waals surface area contributed by atoms with Crippen LogP contribution in [0.15, 0.2) is 34.7 Å². The number of benzene rings is 1. The van der Waals surface area contributed by atoms with Gasteiger partial charge in [0.25, 0.3) is 0 Å². The Bertz CT molecular complexity index is 583. The second-order valence-electron chi connectivity index (χ2n) is 3.12. The molecule has 0 bridgehead atoms. The number of hydrogen-bond acceptors (Lipinski definition) is 4. The minimum atomic E-state index is -3.21. The molecule has 0 amide bonds. The highest BCUT2D eigenvalue weighted by molar-refractivity contribution is 7.90. The lowest BCUT2D eigenvalue weighted by atomic mass is 10.1. The van der Waals surface area contributed by atoms with Crippen LogP contribution in [0.5, 0.6) is 0 Å². The van der Waals surface area contributed by atoms with Crippen LogP contribution >= 0.6 is 0 Å². The summed E-state index contributed by atoms with van der Waals surface area (Å²) in [7, 11) is -3.21. The van der Waals surface area contributed by atoms with Crippen LogP contribution in [0.1, 0.15) is 5.56 Å². The molecule has 0 aliphatic heterocycles. The highest BCUT2D eigenvalue weighted by Crippen LogP contribution is 2.12. The quantitative estimate of drug-likeness (QED) is 0.724. The molecule has 0 heterocycles. The van der Waals surface area contributed by atoms with Gasteiger partial charge in [-0.1, -0.05) is 12.1 Å². The number of sulfone groups is 1. The van der Waals surface area contributed by atoms with Crippen molar-refractivity contribution in [3.05, 3.63) is 35.4 Å². The summed E-state index contributed by atoms with van der Waals surface area (Å²) in [5, 5.41) is 17.1. The van der Waals surface area contributed by atoms with E-state index in [9.17, 15) is 8.42 Å². The van der Waals surface area contributed by atoms with Crippen molar-refractivity contribution in [3.8, 4) is 12.1 Å². The van der Waals surface area contributed by atoms with E-state index in [-0.39, 0.29) is 10.5 Å². The topological polar surface area (TPSA) is 81.7 Å². The van der Waals surface area contributed by atoms with Crippen molar-refractivity contribution in [2.24, 2.45) is 0 Å². The zero-order chi connectivity index (χ0) is 12.2. The van der Waals surface area contributed by atoms with Crippen LogP contribution in [0.25, 0.3) is 6.08 Å². The van der Waals surface area contributed by atoms with Gasteiger partial charge in [-0.25, -0.2) is 8.42 Å². The second kappa shape index (κ2) is 4.61. The number of allylic oxidation sites excluding steroid dienone is 1. The van der Waals surface area contributed by atoms with E-state index in [0.29, 0.717) is 5.56 Å². The molecule has 0 fully saturated rings. The van der Waals surface area contributed by atoms with Crippen molar-refractivity contribution in [1.82, 2.24) is 0 Å². The lowest BCUT2D eigenvalue weighted by molar-refractivity contribution is 0.602. The van der Waals surface area contributed by atoms with E-state index in [0.717, 1.165) is 6.26 Å². The number of hydrogen-bond donors (Lipinski definition) is 0. The molecule has 80 valence electrons. The van der Waals surface area contributed by atoms with Crippen LogP contribution in [0.2, 0.25) is 0 Å². The van der Waals surface area contributed by atoms with Gasteiger partial charge in [0.15, 0.2) is 9.84 Å². The minimum absolute atomic E-state index is 0.0212. The molecular formula is C11H8N2O2S. The third kappa shape index (κ3) is 2.94. The number of nitriles is 2. The van der Waals surface area contributed by atoms with Gasteiger partial charge in [-0.2, -0.15) is 10.5 Å². The largest absolute Gasteiger partial charge is 0.224 e. The Hall–Kier alpha value is -2.11. The van der Waals surface area contributed by atoms with Gasteiger partial charge in [0, 0.05) is 6.26 Å². The smallest absolute Gasteiger partial charge is 0.175 e. The molecule has 1 aromatic carbocycles. The summed E-state index contributed by atoms with van der Waals surface area (Å²) in [4.78, 5) is 0.208. The van der Waals surface area contributed by atoms with Gasteiger partial charge in [-0.15, -0.1) is 0 Å². The first-order valence-electron chi connectivity index (χ1n) is 4.29. The van der Waals surface area contributed by atoms with Gasteiger partial charge in [0.1, 0.15) is 17.7 Å². The first-order chi connectivity index (χ1) is 7.47. The summed E-state index contributed by atoms with van der Waals surface area (Å²) in [6.07, 6.45) is 2.51. The maximum atomic E-state index is 11.2. The predicted octanol–water partition coefficient (Wildman–Crippen LogP) is 1.52. The maximum absolute atomic E-state index is 11.2. The second-order valence-corrected chi connectivity index (χ2v) is 5.14. The molecule has 0 atom stereocenters. The van der Waals surface area contributed by atoms with Gasteiger partial charge in [-0.3, -0.25) is 0 Å². The SMILES string of the molecule is CS(=O)(=O)c1ccc(C=C(C#N)C#N)cc1. The summed E-state index contributed by atoms with van der Waals surface area (Å²) >= 11 is 0. The Morgan fingerprint density at radius 3 is 2.06 bits per heavy atom. The average Bonchev–Trinajstić information content (AvgIpc) is 2.25. The fraction of sp³-hybridized carbons (Fsp3) is 0.0909. The summed E-state index contributed by atoms with van der Waals surface area (Å²) in [6, 6.07) is 9.42. The van der Waals surface area contributed by atoms with E-state index in [1.54, 1.807) is 24.3 Å². The summed E-state index contributed by atoms with van der Waals surface area (Å²) in [6.45, 7) is 0. The van der Waals surface area contributed by atoms with E-state index in [1.807, 2.05) is 0 Å². The monoisotopic (exact) mass is 232 g/mol. The van der Waals surface area contributed by atoms with Crippen molar-refractivity contribution in [2.45, 2.75) is 4.90 Å². The molecule has 4 nitrogen and oxygen atoms in total. The van der Waals surface area contributed by atoms with E-state index in [1.165, 1.54) is 18.2 Å². The lowest BCUT2D eigenvalue weighted by Crippen LogP contribution is -1.96. The molecule has 1 aromatic rings. The van der Waals surface area contributed by atoms with E-state index >= 15 is 0 Å². The van der Waals surface area contributed by atoms with Crippen LogP contribution in [0.4, 0.5) is 0 Å². The average molecular weight is 232 g/mol. The molecule has 0 unspecified atom stereocenters. The molecule has 0 aliphatic carbocycles. The molecule has 1 rings (SSSR count). The summed E-state index contributed by atoms with van der Waals surface area (Å²) in [5.74, 6) is 0. The third-order valence-corrected chi connectivity index (χ3v) is 2.99. The van der Waals surface area contributed by atoms with Crippen LogP contribution in [0, 0.1) is 22.7 Å². The Kier molecular flexibility index (Phi) is 3.44. The molecule has 0 saturated carbocycles. The van der Waals surface area contributed by atoms with Crippen molar-refractivity contribution in [2.75, 3.05) is 6.26 Å². The molecule has 16 heavy (non-hydrogen) atoms. The van der Waals surface area contributed by atoms with Crippen molar-refractivity contribution in [1.29, 1.82) is 10.5 Å². The Morgan fingerprint density at radius 2 is 1.69 bits per heavy atom. The van der Waals surface area contributed by atoms with Gasteiger partial charge >= 0.3 is 0 Å². The fourth-order valence-electron chi connectivity index (χ4n) is 1.07. The molecule has 0 radical (unpaired) electrons. The molecule has 0 spiro atoms. The molecular weight excluding hydrogens is 224 g/mol. The number of nitrogens with zero attached hydrogens (tertiary/aromatic N) is 2. The molecule has 0 N–H and O–H groups in total. The third-order valence-electron chi connectivity index (χ3n) is 1.86. The zero-order valence-corrected chi connectivity index (χ0v) is 9.32. The Morgan fingerprint density at radius 1 is 1.19 bits per heavy atom. The first-order valence-corrected chi connectivity index (χ1v) is 6.18. The summed E-state index contributed by atoms with van der Waals surface area (Å²) in [5.41, 5.74) is 0.595. The van der Waals surface area contributed by atoms with Gasteiger partial charge in [0.2, 0.25) is 0 Å². The van der Waals surface area contributed by atoms with E-state index in [4.69, 9.17) is 10.5 Å². The van der Waals surface area contributed by atoms with Crippen LogP contribution in [-0.4, -0.2) is 14.7 Å². The standard InChI is InChI=1S/C11H8N2O2S/c1-16(14,15)11-4-2-9(3-5-11)6-10(7-12)8-13/h2-6H,1H3. The maximum Gasteiger partial charge on any atom is 0.175 e. The van der Waals surface area contributed by atoms with E-state index in [2.05, 4.69) is 0 Å².